The number of hydrogen-bond acceptors (Lipinski definition) is 3. The summed E-state index contributed by atoms with van der Waals surface area (Å²) in [5, 5.41) is 7.74. The first-order valence-corrected chi connectivity index (χ1v) is 8.83. The van der Waals surface area contributed by atoms with E-state index < -0.39 is 0 Å². The minimum Gasteiger partial charge on any atom is -0.357 e. The smallest absolute Gasteiger partial charge is 0.194 e. The van der Waals surface area contributed by atoms with E-state index in [1.165, 1.54) is 12.1 Å². The predicted molar refractivity (Wildman–Crippen MR) is 111 cm³/mol. The first-order chi connectivity index (χ1) is 11.1. The summed E-state index contributed by atoms with van der Waals surface area (Å²) in [5.41, 5.74) is 1.20. The van der Waals surface area contributed by atoms with Crippen LogP contribution in [0.3, 0.4) is 0 Å². The molecule has 0 radical (unpaired) electrons. The average Bonchev–Trinajstić information content (AvgIpc) is 2.92. The Morgan fingerprint density at radius 3 is 2.54 bits per heavy atom. The Hall–Kier alpha value is -0.830. The van der Waals surface area contributed by atoms with Crippen molar-refractivity contribution in [2.24, 2.45) is 10.9 Å². The van der Waals surface area contributed by atoms with E-state index in [0.717, 1.165) is 57.7 Å². The van der Waals surface area contributed by atoms with Gasteiger partial charge in [0.2, 0.25) is 0 Å². The fourth-order valence-corrected chi connectivity index (χ4v) is 2.93. The van der Waals surface area contributed by atoms with Crippen LogP contribution in [0, 0.1) is 12.8 Å². The van der Waals surface area contributed by atoms with E-state index in [1.54, 1.807) is 0 Å². The van der Waals surface area contributed by atoms with Crippen molar-refractivity contribution < 1.29 is 0 Å². The molecular formula is C17H33IN6. The summed E-state index contributed by atoms with van der Waals surface area (Å²) < 4.78 is 1.96. The van der Waals surface area contributed by atoms with Crippen LogP contribution in [0.4, 0.5) is 0 Å². The topological polar surface area (TPSA) is 48.7 Å². The number of aliphatic imine (C=N–C) groups is 1. The lowest BCUT2D eigenvalue weighted by molar-refractivity contribution is 0.164. The monoisotopic (exact) mass is 448 g/mol. The number of nitrogens with one attached hydrogen (secondary N) is 1. The van der Waals surface area contributed by atoms with Crippen molar-refractivity contribution in [3.8, 4) is 0 Å². The highest BCUT2D eigenvalue weighted by atomic mass is 127. The van der Waals surface area contributed by atoms with Crippen molar-refractivity contribution in [1.29, 1.82) is 0 Å². The van der Waals surface area contributed by atoms with Crippen molar-refractivity contribution >= 4 is 29.9 Å². The molecule has 1 saturated heterocycles. The number of guanidine groups is 1. The molecule has 2 rings (SSSR count). The van der Waals surface area contributed by atoms with Crippen LogP contribution in [0.25, 0.3) is 0 Å². The molecule has 1 N–H and O–H groups in total. The second-order valence-corrected chi connectivity index (χ2v) is 6.70. The van der Waals surface area contributed by atoms with Crippen molar-refractivity contribution in [2.45, 2.75) is 34.2 Å². The van der Waals surface area contributed by atoms with Crippen LogP contribution in [0.2, 0.25) is 0 Å². The molecule has 0 amide bonds. The maximum absolute atomic E-state index is 4.78. The van der Waals surface area contributed by atoms with Crippen molar-refractivity contribution in [3.63, 3.8) is 0 Å². The lowest BCUT2D eigenvalue weighted by Gasteiger charge is -2.37. The van der Waals surface area contributed by atoms with Crippen LogP contribution >= 0.6 is 24.0 Å². The van der Waals surface area contributed by atoms with Gasteiger partial charge in [-0.2, -0.15) is 5.10 Å². The van der Waals surface area contributed by atoms with Crippen LogP contribution in [0.5, 0.6) is 0 Å². The van der Waals surface area contributed by atoms with Gasteiger partial charge in [0.05, 0.1) is 19.3 Å². The Morgan fingerprint density at radius 1 is 1.29 bits per heavy atom. The van der Waals surface area contributed by atoms with E-state index in [-0.39, 0.29) is 24.0 Å². The molecule has 1 aromatic rings. The normalized spacial score (nSPS) is 16.4. The fraction of sp³-hybridized carbons (Fsp3) is 0.765. The largest absolute Gasteiger partial charge is 0.357 e. The molecule has 1 fully saturated rings. The minimum atomic E-state index is 0. The Morgan fingerprint density at radius 2 is 2.00 bits per heavy atom. The van der Waals surface area contributed by atoms with Crippen LogP contribution in [-0.2, 0) is 6.54 Å². The molecular weight excluding hydrogens is 415 g/mol. The summed E-state index contributed by atoms with van der Waals surface area (Å²) in [6, 6.07) is 0. The van der Waals surface area contributed by atoms with Crippen LogP contribution < -0.4 is 5.32 Å². The molecule has 0 unspecified atom stereocenters. The minimum absolute atomic E-state index is 0. The molecule has 0 aliphatic carbocycles. The van der Waals surface area contributed by atoms with Gasteiger partial charge in [-0.15, -0.1) is 24.0 Å². The molecule has 2 heterocycles. The van der Waals surface area contributed by atoms with E-state index in [9.17, 15) is 0 Å². The number of piperazine rings is 1. The molecule has 1 aliphatic rings. The van der Waals surface area contributed by atoms with E-state index in [0.29, 0.717) is 0 Å². The molecule has 7 heteroatoms. The van der Waals surface area contributed by atoms with Gasteiger partial charge in [0.1, 0.15) is 0 Å². The van der Waals surface area contributed by atoms with Gasteiger partial charge in [0.25, 0.3) is 0 Å². The van der Waals surface area contributed by atoms with Gasteiger partial charge in [0.15, 0.2) is 5.96 Å². The highest BCUT2D eigenvalue weighted by Gasteiger charge is 2.19. The lowest BCUT2D eigenvalue weighted by atomic mass is 10.2. The van der Waals surface area contributed by atoms with E-state index in [1.807, 2.05) is 10.9 Å². The van der Waals surface area contributed by atoms with Crippen molar-refractivity contribution in [3.05, 3.63) is 18.0 Å². The zero-order chi connectivity index (χ0) is 16.7. The van der Waals surface area contributed by atoms with E-state index in [2.05, 4.69) is 54.1 Å². The number of aryl methyl sites for hydroxylation is 1. The zero-order valence-corrected chi connectivity index (χ0v) is 17.9. The molecule has 0 spiro atoms. The molecule has 6 nitrogen and oxygen atoms in total. The Bertz CT molecular complexity index is 491. The first kappa shape index (κ1) is 21.2. The Kier molecular flexibility index (Phi) is 9.65. The maximum Gasteiger partial charge on any atom is 0.194 e. The zero-order valence-electron chi connectivity index (χ0n) is 15.5. The number of nitrogens with zero attached hydrogens (tertiary/aromatic N) is 5. The molecule has 138 valence electrons. The van der Waals surface area contributed by atoms with Gasteiger partial charge < -0.3 is 10.2 Å². The molecule has 1 aliphatic heterocycles. The fourth-order valence-electron chi connectivity index (χ4n) is 2.93. The number of hydrogen-bond donors (Lipinski definition) is 1. The van der Waals surface area contributed by atoms with E-state index in [4.69, 9.17) is 4.99 Å². The summed E-state index contributed by atoms with van der Waals surface area (Å²) in [5.74, 6) is 1.78. The third-order valence-corrected chi connectivity index (χ3v) is 3.98. The summed E-state index contributed by atoms with van der Waals surface area (Å²) in [6.45, 7) is 16.8. The highest BCUT2D eigenvalue weighted by molar-refractivity contribution is 14.0. The third-order valence-electron chi connectivity index (χ3n) is 3.98. The van der Waals surface area contributed by atoms with Crippen LogP contribution in [0.15, 0.2) is 17.4 Å². The summed E-state index contributed by atoms with van der Waals surface area (Å²) in [7, 11) is 0. The van der Waals surface area contributed by atoms with Gasteiger partial charge >= 0.3 is 0 Å². The second kappa shape index (κ2) is 10.9. The number of aromatic nitrogens is 2. The summed E-state index contributed by atoms with van der Waals surface area (Å²) in [4.78, 5) is 9.72. The predicted octanol–water partition coefficient (Wildman–Crippen LogP) is 2.05. The van der Waals surface area contributed by atoms with Crippen molar-refractivity contribution in [2.75, 3.05) is 45.8 Å². The Balaban J connectivity index is 0.00000288. The Labute approximate surface area is 163 Å². The second-order valence-electron chi connectivity index (χ2n) is 6.70. The van der Waals surface area contributed by atoms with Crippen LogP contribution in [0.1, 0.15) is 26.3 Å². The molecule has 0 aromatic carbocycles. The van der Waals surface area contributed by atoms with Gasteiger partial charge in [0, 0.05) is 45.5 Å². The summed E-state index contributed by atoms with van der Waals surface area (Å²) >= 11 is 0. The first-order valence-electron chi connectivity index (χ1n) is 8.83. The number of rotatable bonds is 6. The van der Waals surface area contributed by atoms with Gasteiger partial charge in [-0.25, -0.2) is 0 Å². The van der Waals surface area contributed by atoms with Gasteiger partial charge in [-0.05, 0) is 25.3 Å². The third kappa shape index (κ3) is 6.96. The lowest BCUT2D eigenvalue weighted by Crippen LogP contribution is -2.53. The van der Waals surface area contributed by atoms with E-state index >= 15 is 0 Å². The van der Waals surface area contributed by atoms with Crippen molar-refractivity contribution in [1.82, 2.24) is 24.9 Å². The highest BCUT2D eigenvalue weighted by Crippen LogP contribution is 2.05. The molecule has 1 aromatic heterocycles. The molecule has 0 saturated carbocycles. The molecule has 24 heavy (non-hydrogen) atoms. The number of halogens is 1. The quantitative estimate of drug-likeness (QED) is 0.411. The molecule has 0 atom stereocenters. The van der Waals surface area contributed by atoms with Crippen LogP contribution in [-0.4, -0.2) is 71.4 Å². The van der Waals surface area contributed by atoms with Gasteiger partial charge in [-0.1, -0.05) is 13.8 Å². The SMILES string of the molecule is CCNC(=NCCn1cc(C)cn1)N1CCN(CC(C)C)CC1.I. The molecule has 0 bridgehead atoms. The summed E-state index contributed by atoms with van der Waals surface area (Å²) in [6.07, 6.45) is 3.95. The average molecular weight is 448 g/mol. The standard InChI is InChI=1S/C17H32N6.HI/c1-5-18-17(19-6-7-23-14-16(4)12-20-23)22-10-8-21(9-11-22)13-15(2)3;/h12,14-15H,5-11,13H2,1-4H3,(H,18,19);1H. The maximum atomic E-state index is 4.78. The van der Waals surface area contributed by atoms with Gasteiger partial charge in [-0.3, -0.25) is 14.6 Å².